The molecular weight excluding hydrogens is 202 g/mol. The molecule has 2 fully saturated rings. The molecule has 2 aliphatic rings. The van der Waals surface area contributed by atoms with Gasteiger partial charge in [-0.05, 0) is 38.8 Å². The summed E-state index contributed by atoms with van der Waals surface area (Å²) >= 11 is 0. The van der Waals surface area contributed by atoms with Gasteiger partial charge in [-0.3, -0.25) is 9.69 Å². The molecule has 2 unspecified atom stereocenters. The SMILES string of the molecule is CC1CN(C)C(CCN)C(=O)N(C2CC2)C1. The van der Waals surface area contributed by atoms with Crippen LogP contribution in [-0.2, 0) is 4.79 Å². The minimum Gasteiger partial charge on any atom is -0.338 e. The summed E-state index contributed by atoms with van der Waals surface area (Å²) in [6.45, 7) is 4.74. The van der Waals surface area contributed by atoms with Crippen molar-refractivity contribution in [3.05, 3.63) is 0 Å². The van der Waals surface area contributed by atoms with Gasteiger partial charge in [0.25, 0.3) is 0 Å². The molecule has 2 atom stereocenters. The van der Waals surface area contributed by atoms with Crippen LogP contribution in [0, 0.1) is 5.92 Å². The average Bonchev–Trinajstić information content (AvgIpc) is 3.04. The Kier molecular flexibility index (Phi) is 3.50. The zero-order valence-corrected chi connectivity index (χ0v) is 10.4. The number of rotatable bonds is 3. The van der Waals surface area contributed by atoms with Gasteiger partial charge in [-0.2, -0.15) is 0 Å². The van der Waals surface area contributed by atoms with Crippen molar-refractivity contribution in [2.24, 2.45) is 11.7 Å². The number of nitrogens with zero attached hydrogens (tertiary/aromatic N) is 2. The van der Waals surface area contributed by atoms with E-state index in [-0.39, 0.29) is 6.04 Å². The standard InChI is InChI=1S/C12H23N3O/c1-9-7-14(2)11(5-6-13)12(16)15(8-9)10-3-4-10/h9-11H,3-8,13H2,1-2H3. The highest BCUT2D eigenvalue weighted by Crippen LogP contribution is 2.30. The van der Waals surface area contributed by atoms with Gasteiger partial charge in [0.2, 0.25) is 5.91 Å². The molecule has 0 aromatic carbocycles. The van der Waals surface area contributed by atoms with Crippen LogP contribution in [0.2, 0.25) is 0 Å². The first-order chi connectivity index (χ1) is 7.63. The first kappa shape index (κ1) is 11.9. The van der Waals surface area contributed by atoms with E-state index in [0.717, 1.165) is 19.5 Å². The van der Waals surface area contributed by atoms with Crippen LogP contribution in [0.3, 0.4) is 0 Å². The van der Waals surface area contributed by atoms with Gasteiger partial charge in [-0.25, -0.2) is 0 Å². The largest absolute Gasteiger partial charge is 0.338 e. The second-order valence-corrected chi connectivity index (χ2v) is 5.36. The Hall–Kier alpha value is -0.610. The highest BCUT2D eigenvalue weighted by Gasteiger charge is 2.39. The van der Waals surface area contributed by atoms with E-state index in [4.69, 9.17) is 5.73 Å². The predicted octanol–water partition coefficient (Wildman–Crippen LogP) is 0.276. The van der Waals surface area contributed by atoms with Crippen LogP contribution in [0.5, 0.6) is 0 Å². The molecule has 1 aliphatic carbocycles. The summed E-state index contributed by atoms with van der Waals surface area (Å²) in [5.41, 5.74) is 5.61. The van der Waals surface area contributed by atoms with Crippen molar-refractivity contribution >= 4 is 5.91 Å². The molecule has 1 heterocycles. The van der Waals surface area contributed by atoms with Crippen molar-refractivity contribution in [3.8, 4) is 0 Å². The van der Waals surface area contributed by atoms with E-state index in [9.17, 15) is 4.79 Å². The molecule has 0 aromatic rings. The Labute approximate surface area is 97.8 Å². The van der Waals surface area contributed by atoms with E-state index in [1.165, 1.54) is 12.8 Å². The number of hydrogen-bond acceptors (Lipinski definition) is 3. The van der Waals surface area contributed by atoms with E-state index in [1.807, 2.05) is 7.05 Å². The molecule has 0 spiro atoms. The van der Waals surface area contributed by atoms with Gasteiger partial charge in [0, 0.05) is 19.1 Å². The van der Waals surface area contributed by atoms with E-state index in [1.54, 1.807) is 0 Å². The van der Waals surface area contributed by atoms with E-state index < -0.39 is 0 Å². The summed E-state index contributed by atoms with van der Waals surface area (Å²) in [5, 5.41) is 0. The highest BCUT2D eigenvalue weighted by atomic mass is 16.2. The van der Waals surface area contributed by atoms with Crippen molar-refractivity contribution in [2.75, 3.05) is 26.7 Å². The maximum atomic E-state index is 12.4. The predicted molar refractivity (Wildman–Crippen MR) is 64.0 cm³/mol. The summed E-state index contributed by atoms with van der Waals surface area (Å²) in [6.07, 6.45) is 3.17. The lowest BCUT2D eigenvalue weighted by molar-refractivity contribution is -0.135. The number of likely N-dealkylation sites (N-methyl/N-ethyl adjacent to an activating group) is 1. The third-order valence-electron chi connectivity index (χ3n) is 3.64. The zero-order chi connectivity index (χ0) is 11.7. The number of carbonyl (C=O) groups excluding carboxylic acids is 1. The van der Waals surface area contributed by atoms with Gasteiger partial charge in [-0.15, -0.1) is 0 Å². The van der Waals surface area contributed by atoms with Crippen molar-refractivity contribution in [3.63, 3.8) is 0 Å². The average molecular weight is 225 g/mol. The van der Waals surface area contributed by atoms with Crippen LogP contribution in [0.4, 0.5) is 0 Å². The first-order valence-corrected chi connectivity index (χ1v) is 6.34. The van der Waals surface area contributed by atoms with Crippen LogP contribution < -0.4 is 5.73 Å². The highest BCUT2D eigenvalue weighted by molar-refractivity contribution is 5.82. The van der Waals surface area contributed by atoms with Crippen molar-refractivity contribution in [2.45, 2.75) is 38.3 Å². The van der Waals surface area contributed by atoms with Gasteiger partial charge in [0.05, 0.1) is 6.04 Å². The van der Waals surface area contributed by atoms with Crippen molar-refractivity contribution < 1.29 is 4.79 Å². The Bertz CT molecular complexity index is 265. The van der Waals surface area contributed by atoms with E-state index >= 15 is 0 Å². The Morgan fingerprint density at radius 3 is 2.62 bits per heavy atom. The van der Waals surface area contributed by atoms with Crippen LogP contribution in [0.25, 0.3) is 0 Å². The molecule has 0 radical (unpaired) electrons. The van der Waals surface area contributed by atoms with E-state index in [0.29, 0.717) is 24.4 Å². The van der Waals surface area contributed by atoms with Crippen molar-refractivity contribution in [1.29, 1.82) is 0 Å². The fourth-order valence-electron chi connectivity index (χ4n) is 2.70. The fraction of sp³-hybridized carbons (Fsp3) is 0.917. The van der Waals surface area contributed by atoms with E-state index in [2.05, 4.69) is 16.7 Å². The van der Waals surface area contributed by atoms with Gasteiger partial charge in [0.15, 0.2) is 0 Å². The molecule has 0 bridgehead atoms. The molecule has 1 aliphatic heterocycles. The zero-order valence-electron chi connectivity index (χ0n) is 10.4. The summed E-state index contributed by atoms with van der Waals surface area (Å²) in [6, 6.07) is 0.539. The number of hydrogen-bond donors (Lipinski definition) is 1. The Morgan fingerprint density at radius 2 is 2.06 bits per heavy atom. The topological polar surface area (TPSA) is 49.6 Å². The third-order valence-corrected chi connectivity index (χ3v) is 3.64. The molecule has 2 rings (SSSR count). The van der Waals surface area contributed by atoms with Crippen LogP contribution in [0.15, 0.2) is 0 Å². The lowest BCUT2D eigenvalue weighted by Crippen LogP contribution is -2.46. The van der Waals surface area contributed by atoms with Crippen LogP contribution in [0.1, 0.15) is 26.2 Å². The quantitative estimate of drug-likeness (QED) is 0.750. The van der Waals surface area contributed by atoms with Gasteiger partial charge < -0.3 is 10.6 Å². The second-order valence-electron chi connectivity index (χ2n) is 5.36. The summed E-state index contributed by atoms with van der Waals surface area (Å²) in [4.78, 5) is 16.7. The Balaban J connectivity index is 2.12. The first-order valence-electron chi connectivity index (χ1n) is 6.34. The molecule has 1 amide bonds. The molecule has 4 nitrogen and oxygen atoms in total. The number of carbonyl (C=O) groups is 1. The van der Waals surface area contributed by atoms with Crippen molar-refractivity contribution in [1.82, 2.24) is 9.80 Å². The summed E-state index contributed by atoms with van der Waals surface area (Å²) < 4.78 is 0. The molecule has 92 valence electrons. The molecular formula is C12H23N3O. The second kappa shape index (κ2) is 4.72. The summed E-state index contributed by atoms with van der Waals surface area (Å²) in [5.74, 6) is 0.872. The van der Waals surface area contributed by atoms with Crippen LogP contribution in [-0.4, -0.2) is 54.5 Å². The monoisotopic (exact) mass is 225 g/mol. The Morgan fingerprint density at radius 1 is 1.38 bits per heavy atom. The lowest BCUT2D eigenvalue weighted by atomic mass is 10.1. The minimum atomic E-state index is 0.00977. The van der Waals surface area contributed by atoms with Gasteiger partial charge in [-0.1, -0.05) is 6.92 Å². The molecule has 1 saturated heterocycles. The third kappa shape index (κ3) is 2.38. The van der Waals surface area contributed by atoms with Gasteiger partial charge in [0.1, 0.15) is 0 Å². The number of amides is 1. The number of nitrogens with two attached hydrogens (primary N) is 1. The summed E-state index contributed by atoms with van der Waals surface area (Å²) in [7, 11) is 2.05. The molecule has 0 aromatic heterocycles. The normalized spacial score (nSPS) is 32.9. The maximum absolute atomic E-state index is 12.4. The molecule has 1 saturated carbocycles. The minimum absolute atomic E-state index is 0.00977. The molecule has 4 heteroatoms. The van der Waals surface area contributed by atoms with Gasteiger partial charge >= 0.3 is 0 Å². The lowest BCUT2D eigenvalue weighted by Gasteiger charge is -2.27. The smallest absolute Gasteiger partial charge is 0.240 e. The molecule has 16 heavy (non-hydrogen) atoms. The maximum Gasteiger partial charge on any atom is 0.240 e. The molecule has 2 N–H and O–H groups in total. The van der Waals surface area contributed by atoms with Crippen LogP contribution >= 0.6 is 0 Å². The fourth-order valence-corrected chi connectivity index (χ4v) is 2.70.